The van der Waals surface area contributed by atoms with E-state index >= 15 is 0 Å². The number of fused-ring (bicyclic) bond motifs is 2. The van der Waals surface area contributed by atoms with Crippen LogP contribution in [0.15, 0.2) is 35.3 Å². The average molecular weight is 384 g/mol. The highest BCUT2D eigenvalue weighted by Gasteiger charge is 2.41. The van der Waals surface area contributed by atoms with Gasteiger partial charge < -0.3 is 5.11 Å². The number of thiazole rings is 1. The van der Waals surface area contributed by atoms with Crippen LogP contribution >= 0.6 is 11.3 Å². The summed E-state index contributed by atoms with van der Waals surface area (Å²) in [4.78, 5) is 19.2. The summed E-state index contributed by atoms with van der Waals surface area (Å²) in [5.74, 6) is 0.172. The van der Waals surface area contributed by atoms with Crippen LogP contribution in [0.2, 0.25) is 0 Å². The third-order valence-corrected chi connectivity index (χ3v) is 6.18. The number of halogens is 1. The third-order valence-electron chi connectivity index (χ3n) is 5.21. The van der Waals surface area contributed by atoms with Gasteiger partial charge in [-0.15, -0.1) is 11.3 Å². The first kappa shape index (κ1) is 16.6. The highest BCUT2D eigenvalue weighted by atomic mass is 32.1. The minimum Gasteiger partial charge on any atom is -0.396 e. The van der Waals surface area contributed by atoms with Crippen molar-refractivity contribution >= 4 is 27.2 Å². The molecular formula is C19H17FN4O2S. The molecule has 0 amide bonds. The van der Waals surface area contributed by atoms with Gasteiger partial charge in [0.05, 0.1) is 24.0 Å². The second kappa shape index (κ2) is 5.97. The van der Waals surface area contributed by atoms with E-state index in [4.69, 9.17) is 0 Å². The Balaban J connectivity index is 1.56. The molecule has 138 valence electrons. The predicted octanol–water partition coefficient (Wildman–Crippen LogP) is 2.70. The van der Waals surface area contributed by atoms with Crippen molar-refractivity contribution in [3.8, 4) is 0 Å². The summed E-state index contributed by atoms with van der Waals surface area (Å²) in [5, 5.41) is 14.4. The Morgan fingerprint density at radius 2 is 2.22 bits per heavy atom. The van der Waals surface area contributed by atoms with Gasteiger partial charge in [-0.25, -0.2) is 9.37 Å². The Morgan fingerprint density at radius 3 is 3.00 bits per heavy atom. The molecule has 8 heteroatoms. The largest absolute Gasteiger partial charge is 0.396 e. The van der Waals surface area contributed by atoms with Crippen LogP contribution in [0.3, 0.4) is 0 Å². The van der Waals surface area contributed by atoms with Crippen molar-refractivity contribution in [1.29, 1.82) is 0 Å². The number of hydrogen-bond donors (Lipinski definition) is 1. The fourth-order valence-corrected chi connectivity index (χ4v) is 4.84. The lowest BCUT2D eigenvalue weighted by molar-refractivity contribution is 0.273. The molecule has 0 bridgehead atoms. The fraction of sp³-hybridized carbons (Fsp3) is 0.316. The number of nitrogens with zero attached hydrogens (tertiary/aromatic N) is 4. The van der Waals surface area contributed by atoms with E-state index in [2.05, 4.69) is 10.1 Å². The maximum Gasteiger partial charge on any atom is 0.259 e. The highest BCUT2D eigenvalue weighted by Crippen LogP contribution is 2.49. The molecule has 0 aliphatic heterocycles. The van der Waals surface area contributed by atoms with Crippen LogP contribution in [-0.4, -0.2) is 30.9 Å². The number of aliphatic hydroxyl groups is 1. The van der Waals surface area contributed by atoms with Crippen molar-refractivity contribution in [1.82, 2.24) is 19.2 Å². The first-order chi connectivity index (χ1) is 13.0. The van der Waals surface area contributed by atoms with Crippen LogP contribution < -0.4 is 5.56 Å². The first-order valence-corrected chi connectivity index (χ1v) is 9.60. The summed E-state index contributed by atoms with van der Waals surface area (Å²) in [6.07, 6.45) is 2.52. The van der Waals surface area contributed by atoms with Gasteiger partial charge >= 0.3 is 0 Å². The third kappa shape index (κ3) is 2.67. The molecule has 1 N–H and O–H groups in total. The second-order valence-electron chi connectivity index (χ2n) is 7.04. The Morgan fingerprint density at radius 1 is 1.37 bits per heavy atom. The zero-order valence-electron chi connectivity index (χ0n) is 14.6. The molecule has 1 aliphatic rings. The summed E-state index contributed by atoms with van der Waals surface area (Å²) >= 11 is 1.50. The molecule has 1 saturated carbocycles. The van der Waals surface area contributed by atoms with Gasteiger partial charge in [-0.3, -0.25) is 13.9 Å². The van der Waals surface area contributed by atoms with Crippen LogP contribution in [-0.2, 0) is 6.54 Å². The maximum absolute atomic E-state index is 13.4. The summed E-state index contributed by atoms with van der Waals surface area (Å²) in [6, 6.07) is 6.05. The molecule has 1 fully saturated rings. The lowest BCUT2D eigenvalue weighted by Gasteiger charge is -2.05. The Bertz CT molecular complexity index is 1240. The zero-order valence-corrected chi connectivity index (χ0v) is 15.4. The minimum absolute atomic E-state index is 0.111. The molecule has 6 nitrogen and oxygen atoms in total. The van der Waals surface area contributed by atoms with E-state index in [1.165, 1.54) is 29.5 Å². The predicted molar refractivity (Wildman–Crippen MR) is 101 cm³/mol. The summed E-state index contributed by atoms with van der Waals surface area (Å²) in [7, 11) is 0. The van der Waals surface area contributed by atoms with Gasteiger partial charge in [-0.05, 0) is 37.5 Å². The van der Waals surface area contributed by atoms with Crippen LogP contribution in [0, 0.1) is 18.7 Å². The van der Waals surface area contributed by atoms with E-state index in [9.17, 15) is 14.3 Å². The molecule has 3 aromatic heterocycles. The molecule has 1 aliphatic carbocycles. The maximum atomic E-state index is 13.4. The first-order valence-electron chi connectivity index (χ1n) is 8.79. The zero-order chi connectivity index (χ0) is 18.7. The summed E-state index contributed by atoms with van der Waals surface area (Å²) < 4.78 is 16.8. The lowest BCUT2D eigenvalue weighted by atomic mass is 10.2. The van der Waals surface area contributed by atoms with E-state index in [0.29, 0.717) is 22.6 Å². The van der Waals surface area contributed by atoms with Crippen LogP contribution in [0.4, 0.5) is 4.39 Å². The molecule has 4 aromatic rings. The van der Waals surface area contributed by atoms with Crippen LogP contribution in [0.25, 0.3) is 15.9 Å². The summed E-state index contributed by atoms with van der Waals surface area (Å²) in [6.45, 7) is 2.49. The standard InChI is InChI=1S/C19H17FN4O2S/c1-10-18(15-5-12(15)9-25)24-17(26)6-14(22-19(24)27-10)8-23-16-3-2-13(20)4-11(16)7-21-23/h2-4,6-7,12,15,25H,5,8-9H2,1H3/t12-,15+/m0/s1. The minimum atomic E-state index is -0.303. The number of rotatable bonds is 4. The van der Waals surface area contributed by atoms with Crippen molar-refractivity contribution in [2.75, 3.05) is 6.61 Å². The molecule has 0 unspecified atom stereocenters. The van der Waals surface area contributed by atoms with Gasteiger partial charge in [0.1, 0.15) is 5.82 Å². The molecule has 0 saturated heterocycles. The lowest BCUT2D eigenvalue weighted by Crippen LogP contribution is -2.18. The normalized spacial score (nSPS) is 19.2. The monoisotopic (exact) mass is 384 g/mol. The van der Waals surface area contributed by atoms with Gasteiger partial charge in [-0.2, -0.15) is 5.10 Å². The Hall–Kier alpha value is -2.58. The van der Waals surface area contributed by atoms with Crippen molar-refractivity contribution in [3.05, 3.63) is 62.9 Å². The van der Waals surface area contributed by atoms with Gasteiger partial charge in [0, 0.05) is 34.5 Å². The number of hydrogen-bond acceptors (Lipinski definition) is 5. The topological polar surface area (TPSA) is 72.4 Å². The molecule has 0 radical (unpaired) electrons. The van der Waals surface area contributed by atoms with Gasteiger partial charge in [0.2, 0.25) is 0 Å². The number of aromatic nitrogens is 4. The smallest absolute Gasteiger partial charge is 0.259 e. The van der Waals surface area contributed by atoms with Gasteiger partial charge in [-0.1, -0.05) is 0 Å². The Kier molecular flexibility index (Phi) is 3.66. The Labute approximate surface area is 157 Å². The average Bonchev–Trinajstić information content (AvgIpc) is 3.19. The SMILES string of the molecule is Cc1sc2nc(Cn3ncc4cc(F)ccc43)cc(=O)n2c1[C@@H]1C[C@H]1CO. The van der Waals surface area contributed by atoms with E-state index in [1.54, 1.807) is 21.3 Å². The molecule has 27 heavy (non-hydrogen) atoms. The summed E-state index contributed by atoms with van der Waals surface area (Å²) in [5.41, 5.74) is 2.29. The molecule has 5 rings (SSSR count). The number of aryl methyl sites for hydroxylation is 1. The fourth-order valence-electron chi connectivity index (χ4n) is 3.77. The molecular weight excluding hydrogens is 367 g/mol. The van der Waals surface area contributed by atoms with Gasteiger partial charge in [0.15, 0.2) is 4.96 Å². The van der Waals surface area contributed by atoms with Crippen molar-refractivity contribution < 1.29 is 9.50 Å². The van der Waals surface area contributed by atoms with E-state index in [-0.39, 0.29) is 29.8 Å². The molecule has 2 atom stereocenters. The van der Waals surface area contributed by atoms with Crippen molar-refractivity contribution in [2.45, 2.75) is 25.8 Å². The molecule has 0 spiro atoms. The van der Waals surface area contributed by atoms with Crippen molar-refractivity contribution in [2.24, 2.45) is 5.92 Å². The van der Waals surface area contributed by atoms with E-state index in [1.807, 2.05) is 6.92 Å². The van der Waals surface area contributed by atoms with Crippen molar-refractivity contribution in [3.63, 3.8) is 0 Å². The van der Waals surface area contributed by atoms with Crippen LogP contribution in [0.1, 0.15) is 28.6 Å². The number of benzene rings is 1. The van der Waals surface area contributed by atoms with Crippen LogP contribution in [0.5, 0.6) is 0 Å². The highest BCUT2D eigenvalue weighted by molar-refractivity contribution is 7.17. The molecule has 1 aromatic carbocycles. The van der Waals surface area contributed by atoms with Gasteiger partial charge in [0.25, 0.3) is 5.56 Å². The second-order valence-corrected chi connectivity index (χ2v) is 8.22. The van der Waals surface area contributed by atoms with E-state index in [0.717, 1.165) is 22.5 Å². The number of aliphatic hydroxyl groups excluding tert-OH is 1. The quantitative estimate of drug-likeness (QED) is 0.587. The molecule has 3 heterocycles. The van der Waals surface area contributed by atoms with E-state index < -0.39 is 0 Å².